The topological polar surface area (TPSA) is 122 Å². The van der Waals surface area contributed by atoms with Crippen LogP contribution in [0.2, 0.25) is 0 Å². The van der Waals surface area contributed by atoms with E-state index in [1.807, 2.05) is 13.8 Å². The Morgan fingerprint density at radius 3 is 2.56 bits per heavy atom. The zero-order valence-corrected chi connectivity index (χ0v) is 19.3. The molecule has 11 heteroatoms. The largest absolute Gasteiger partial charge is 0.455 e. The summed E-state index contributed by atoms with van der Waals surface area (Å²) in [6.45, 7) is 6.39. The molecule has 1 atom stereocenters. The molecule has 0 aromatic heterocycles. The van der Waals surface area contributed by atoms with E-state index >= 15 is 0 Å². The van der Waals surface area contributed by atoms with Gasteiger partial charge in [0.15, 0.2) is 6.61 Å². The molecule has 1 N–H and O–H groups in total. The fourth-order valence-corrected chi connectivity index (χ4v) is 5.38. The molecule has 1 aromatic rings. The van der Waals surface area contributed by atoms with Gasteiger partial charge in [-0.05, 0) is 38.5 Å². The molecule has 1 unspecified atom stereocenters. The number of sulfonamides is 1. The molecule has 0 bridgehead atoms. The maximum Gasteiger partial charge on any atom is 0.311 e. The molecule has 176 valence electrons. The van der Waals surface area contributed by atoms with Crippen LogP contribution in [0, 0.1) is 12.8 Å². The standard InChI is InChI=1S/C21H29N3O7S/c1-14(2)24-12-16(10-20(24)26)21(27)31-13-19(25)22-17-5-4-15(3)18(11-17)32(28,29)23-6-8-30-9-7-23/h4-5,11,14,16H,6-10,12-13H2,1-3H3,(H,22,25). The van der Waals surface area contributed by atoms with E-state index in [4.69, 9.17) is 9.47 Å². The number of likely N-dealkylation sites (tertiary alicyclic amines) is 1. The zero-order valence-electron chi connectivity index (χ0n) is 18.5. The van der Waals surface area contributed by atoms with E-state index in [0.29, 0.717) is 18.8 Å². The number of anilines is 1. The molecule has 0 saturated carbocycles. The van der Waals surface area contributed by atoms with Gasteiger partial charge in [0.05, 0.1) is 24.0 Å². The molecule has 32 heavy (non-hydrogen) atoms. The number of esters is 1. The van der Waals surface area contributed by atoms with Crippen LogP contribution in [0.4, 0.5) is 5.69 Å². The second-order valence-electron chi connectivity index (χ2n) is 8.19. The smallest absolute Gasteiger partial charge is 0.311 e. The van der Waals surface area contributed by atoms with Gasteiger partial charge in [-0.1, -0.05) is 6.07 Å². The van der Waals surface area contributed by atoms with E-state index in [9.17, 15) is 22.8 Å². The first-order chi connectivity index (χ1) is 15.1. The number of hydrogen-bond donors (Lipinski definition) is 1. The minimum Gasteiger partial charge on any atom is -0.455 e. The number of rotatable bonds is 7. The van der Waals surface area contributed by atoms with Crippen molar-refractivity contribution < 1.29 is 32.3 Å². The molecule has 1 aromatic carbocycles. The number of amides is 2. The summed E-state index contributed by atoms with van der Waals surface area (Å²) in [4.78, 5) is 38.2. The molecule has 2 amide bonds. The quantitative estimate of drug-likeness (QED) is 0.587. The highest BCUT2D eigenvalue weighted by Crippen LogP contribution is 2.25. The van der Waals surface area contributed by atoms with Gasteiger partial charge in [-0.3, -0.25) is 14.4 Å². The van der Waals surface area contributed by atoms with Crippen molar-refractivity contribution in [1.29, 1.82) is 0 Å². The fourth-order valence-electron chi connectivity index (χ4n) is 3.72. The Hall–Kier alpha value is -2.50. The van der Waals surface area contributed by atoms with Gasteiger partial charge in [-0.15, -0.1) is 0 Å². The summed E-state index contributed by atoms with van der Waals surface area (Å²) in [5, 5.41) is 2.57. The van der Waals surface area contributed by atoms with Gasteiger partial charge in [0.2, 0.25) is 15.9 Å². The van der Waals surface area contributed by atoms with Crippen molar-refractivity contribution in [2.24, 2.45) is 5.92 Å². The van der Waals surface area contributed by atoms with Crippen molar-refractivity contribution in [1.82, 2.24) is 9.21 Å². The van der Waals surface area contributed by atoms with Crippen LogP contribution < -0.4 is 5.32 Å². The Morgan fingerprint density at radius 2 is 1.94 bits per heavy atom. The van der Waals surface area contributed by atoms with E-state index in [2.05, 4.69) is 5.32 Å². The molecule has 3 rings (SSSR count). The summed E-state index contributed by atoms with van der Waals surface area (Å²) in [7, 11) is -3.73. The van der Waals surface area contributed by atoms with Crippen LogP contribution in [0.1, 0.15) is 25.8 Å². The Bertz CT molecular complexity index is 987. The summed E-state index contributed by atoms with van der Waals surface area (Å²) in [6.07, 6.45) is 0.0688. The van der Waals surface area contributed by atoms with Crippen molar-refractivity contribution in [2.45, 2.75) is 38.1 Å². The lowest BCUT2D eigenvalue weighted by Gasteiger charge is -2.26. The summed E-state index contributed by atoms with van der Waals surface area (Å²) in [5.41, 5.74) is 0.840. The van der Waals surface area contributed by atoms with Crippen molar-refractivity contribution >= 4 is 33.5 Å². The summed E-state index contributed by atoms with van der Waals surface area (Å²) < 4.78 is 37.6. The first-order valence-electron chi connectivity index (χ1n) is 10.5. The van der Waals surface area contributed by atoms with Crippen LogP contribution in [-0.2, 0) is 33.9 Å². The molecular weight excluding hydrogens is 438 g/mol. The van der Waals surface area contributed by atoms with Crippen LogP contribution in [0.25, 0.3) is 0 Å². The second-order valence-corrected chi connectivity index (χ2v) is 10.1. The van der Waals surface area contributed by atoms with Crippen LogP contribution in [0.5, 0.6) is 0 Å². The number of carbonyl (C=O) groups is 3. The average Bonchev–Trinajstić information content (AvgIpc) is 3.16. The van der Waals surface area contributed by atoms with E-state index in [0.717, 1.165) is 0 Å². The third-order valence-electron chi connectivity index (χ3n) is 5.52. The second kappa shape index (κ2) is 9.97. The number of carbonyl (C=O) groups excluding carboxylic acids is 3. The number of nitrogens with zero attached hydrogens (tertiary/aromatic N) is 2. The zero-order chi connectivity index (χ0) is 23.5. The number of aryl methyl sites for hydroxylation is 1. The molecule has 10 nitrogen and oxygen atoms in total. The predicted molar refractivity (Wildman–Crippen MR) is 115 cm³/mol. The summed E-state index contributed by atoms with van der Waals surface area (Å²) in [6, 6.07) is 4.59. The van der Waals surface area contributed by atoms with Crippen molar-refractivity contribution in [3.05, 3.63) is 23.8 Å². The number of nitrogens with one attached hydrogen (secondary N) is 1. The molecule has 2 heterocycles. The third-order valence-corrected chi connectivity index (χ3v) is 7.56. The highest BCUT2D eigenvalue weighted by Gasteiger charge is 2.36. The van der Waals surface area contributed by atoms with Crippen molar-refractivity contribution in [2.75, 3.05) is 44.8 Å². The molecule has 2 aliphatic heterocycles. The van der Waals surface area contributed by atoms with Gasteiger partial charge in [-0.25, -0.2) is 8.42 Å². The molecule has 2 fully saturated rings. The predicted octanol–water partition coefficient (Wildman–Crippen LogP) is 0.755. The van der Waals surface area contributed by atoms with E-state index in [1.54, 1.807) is 24.0 Å². The number of morpholine rings is 1. The Kier molecular flexibility index (Phi) is 7.52. The molecule has 0 aliphatic carbocycles. The van der Waals surface area contributed by atoms with Gasteiger partial charge in [0, 0.05) is 37.8 Å². The fraction of sp³-hybridized carbons (Fsp3) is 0.571. The summed E-state index contributed by atoms with van der Waals surface area (Å²) in [5.74, 6) is -1.90. The van der Waals surface area contributed by atoms with Crippen LogP contribution in [-0.4, -0.2) is 80.9 Å². The maximum atomic E-state index is 13.0. The van der Waals surface area contributed by atoms with Crippen molar-refractivity contribution in [3.63, 3.8) is 0 Å². The van der Waals surface area contributed by atoms with Gasteiger partial charge < -0.3 is 19.7 Å². The van der Waals surface area contributed by atoms with Gasteiger partial charge in [0.1, 0.15) is 0 Å². The van der Waals surface area contributed by atoms with E-state index in [1.165, 1.54) is 10.4 Å². The lowest BCUT2D eigenvalue weighted by molar-refractivity contribution is -0.151. The third kappa shape index (κ3) is 5.45. The van der Waals surface area contributed by atoms with Gasteiger partial charge >= 0.3 is 5.97 Å². The van der Waals surface area contributed by atoms with Crippen LogP contribution in [0.3, 0.4) is 0 Å². The van der Waals surface area contributed by atoms with Crippen LogP contribution in [0.15, 0.2) is 23.1 Å². The van der Waals surface area contributed by atoms with Gasteiger partial charge in [-0.2, -0.15) is 4.31 Å². The Labute approximate surface area is 187 Å². The SMILES string of the molecule is Cc1ccc(NC(=O)COC(=O)C2CC(=O)N(C(C)C)C2)cc1S(=O)(=O)N1CCOCC1. The lowest BCUT2D eigenvalue weighted by Crippen LogP contribution is -2.40. The summed E-state index contributed by atoms with van der Waals surface area (Å²) >= 11 is 0. The first-order valence-corrected chi connectivity index (χ1v) is 12.0. The number of benzene rings is 1. The normalized spacial score (nSPS) is 19.9. The maximum absolute atomic E-state index is 13.0. The first kappa shape index (κ1) is 24.1. The van der Waals surface area contributed by atoms with Crippen LogP contribution >= 0.6 is 0 Å². The molecular formula is C21H29N3O7S. The van der Waals surface area contributed by atoms with Crippen molar-refractivity contribution in [3.8, 4) is 0 Å². The number of ether oxygens (including phenoxy) is 2. The molecule has 0 radical (unpaired) electrons. The van der Waals surface area contributed by atoms with Gasteiger partial charge in [0.25, 0.3) is 5.91 Å². The molecule has 2 aliphatic rings. The Morgan fingerprint density at radius 1 is 1.25 bits per heavy atom. The number of hydrogen-bond acceptors (Lipinski definition) is 7. The minimum atomic E-state index is -3.73. The minimum absolute atomic E-state index is 0.00641. The Balaban J connectivity index is 1.59. The highest BCUT2D eigenvalue weighted by atomic mass is 32.2. The van der Waals surface area contributed by atoms with E-state index < -0.39 is 34.4 Å². The highest BCUT2D eigenvalue weighted by molar-refractivity contribution is 7.89. The monoisotopic (exact) mass is 467 g/mol. The molecule has 0 spiro atoms. The average molecular weight is 468 g/mol. The lowest BCUT2D eigenvalue weighted by atomic mass is 10.1. The van der Waals surface area contributed by atoms with E-state index in [-0.39, 0.29) is 48.6 Å². The molecule has 2 saturated heterocycles.